The summed E-state index contributed by atoms with van der Waals surface area (Å²) in [5.74, 6) is 0. The molecule has 0 saturated carbocycles. The van der Waals surface area contributed by atoms with Gasteiger partial charge < -0.3 is 4.74 Å². The van der Waals surface area contributed by atoms with E-state index in [4.69, 9.17) is 4.74 Å². The van der Waals surface area contributed by atoms with E-state index in [9.17, 15) is 0 Å². The van der Waals surface area contributed by atoms with Crippen LogP contribution in [-0.4, -0.2) is 13.2 Å². The molecule has 0 N–H and O–H groups in total. The lowest BCUT2D eigenvalue weighted by Gasteiger charge is -2.02. The Morgan fingerprint density at radius 1 is 0.800 bits per heavy atom. The van der Waals surface area contributed by atoms with Crippen molar-refractivity contribution in [2.24, 2.45) is 0 Å². The van der Waals surface area contributed by atoms with Gasteiger partial charge in [0.05, 0.1) is 6.61 Å². The van der Waals surface area contributed by atoms with Gasteiger partial charge in [0.25, 0.3) is 0 Å². The molecule has 0 amide bonds. The highest BCUT2D eigenvalue weighted by atomic mass is 16.5. The summed E-state index contributed by atoms with van der Waals surface area (Å²) < 4.78 is 5.32. The Balaban J connectivity index is 2.83. The Morgan fingerprint density at radius 3 is 1.87 bits per heavy atom. The molecule has 0 saturated heterocycles. The van der Waals surface area contributed by atoms with Crippen molar-refractivity contribution in [3.8, 4) is 0 Å². The second-order valence-corrected chi connectivity index (χ2v) is 4.05. The Morgan fingerprint density at radius 2 is 1.33 bits per heavy atom. The topological polar surface area (TPSA) is 9.23 Å². The second-order valence-electron chi connectivity index (χ2n) is 4.05. The van der Waals surface area contributed by atoms with Crippen molar-refractivity contribution in [3.05, 3.63) is 19.6 Å². The highest BCUT2D eigenvalue weighted by Crippen LogP contribution is 2.09. The van der Waals surface area contributed by atoms with Crippen LogP contribution in [0.15, 0.2) is 12.7 Å². The van der Waals surface area contributed by atoms with Crippen molar-refractivity contribution < 1.29 is 4.74 Å². The van der Waals surface area contributed by atoms with E-state index in [0.29, 0.717) is 6.61 Å². The molecule has 0 aromatic carbocycles. The molecule has 0 aromatic heterocycles. The Kier molecular flexibility index (Phi) is 13.4. The average Bonchev–Trinajstić information content (AvgIpc) is 2.26. The molecule has 1 radical (unpaired) electrons. The van der Waals surface area contributed by atoms with Gasteiger partial charge in [-0.1, -0.05) is 64.4 Å². The van der Waals surface area contributed by atoms with Gasteiger partial charge in [-0.15, -0.1) is 6.58 Å². The largest absolute Gasteiger partial charge is 0.377 e. The summed E-state index contributed by atoms with van der Waals surface area (Å²) in [5.41, 5.74) is 0. The molecule has 15 heavy (non-hydrogen) atoms. The first-order chi connectivity index (χ1) is 7.41. The van der Waals surface area contributed by atoms with E-state index >= 15 is 0 Å². The second kappa shape index (κ2) is 13.7. The number of unbranched alkanes of at least 4 members (excludes halogenated alkanes) is 8. The van der Waals surface area contributed by atoms with Crippen LogP contribution in [0.4, 0.5) is 0 Å². The van der Waals surface area contributed by atoms with Crippen LogP contribution in [-0.2, 0) is 4.74 Å². The van der Waals surface area contributed by atoms with Gasteiger partial charge in [-0.2, -0.15) is 0 Å². The van der Waals surface area contributed by atoms with E-state index in [1.54, 1.807) is 0 Å². The van der Waals surface area contributed by atoms with Crippen molar-refractivity contribution in [1.29, 1.82) is 0 Å². The maximum Gasteiger partial charge on any atom is 0.0644 e. The zero-order valence-corrected chi connectivity index (χ0v) is 10.2. The summed E-state index contributed by atoms with van der Waals surface area (Å²) >= 11 is 0. The molecule has 89 valence electrons. The SMILES string of the molecule is [CH2]CCCCCCCCCCOCC=C. The van der Waals surface area contributed by atoms with Gasteiger partial charge in [0.15, 0.2) is 0 Å². The van der Waals surface area contributed by atoms with Crippen LogP contribution in [0.25, 0.3) is 0 Å². The zero-order valence-electron chi connectivity index (χ0n) is 10.2. The van der Waals surface area contributed by atoms with Gasteiger partial charge in [-0.3, -0.25) is 0 Å². The van der Waals surface area contributed by atoms with Crippen LogP contribution < -0.4 is 0 Å². The standard InChI is InChI=1S/C14H27O/c1-3-5-6-7-8-9-10-11-12-14-15-13-4-2/h4H,1-3,5-14H2. The first-order valence-electron chi connectivity index (χ1n) is 6.39. The van der Waals surface area contributed by atoms with Gasteiger partial charge >= 0.3 is 0 Å². The van der Waals surface area contributed by atoms with Crippen LogP contribution >= 0.6 is 0 Å². The molecule has 0 aliphatic heterocycles. The molecule has 0 aromatic rings. The maximum atomic E-state index is 5.32. The van der Waals surface area contributed by atoms with Crippen molar-refractivity contribution in [2.75, 3.05) is 13.2 Å². The van der Waals surface area contributed by atoms with Crippen LogP contribution in [0.5, 0.6) is 0 Å². The average molecular weight is 211 g/mol. The molecule has 1 nitrogen and oxygen atoms in total. The molecule has 0 rings (SSSR count). The van der Waals surface area contributed by atoms with Crippen molar-refractivity contribution >= 4 is 0 Å². The van der Waals surface area contributed by atoms with Gasteiger partial charge in [0.2, 0.25) is 0 Å². The monoisotopic (exact) mass is 211 g/mol. The predicted octanol–water partition coefficient (Wildman–Crippen LogP) is 4.53. The quantitative estimate of drug-likeness (QED) is 0.340. The summed E-state index contributed by atoms with van der Waals surface area (Å²) in [6, 6.07) is 0. The van der Waals surface area contributed by atoms with Crippen molar-refractivity contribution in [3.63, 3.8) is 0 Å². The molecular weight excluding hydrogens is 184 g/mol. The van der Waals surface area contributed by atoms with Gasteiger partial charge in [0, 0.05) is 6.61 Å². The van der Waals surface area contributed by atoms with Crippen LogP contribution in [0.2, 0.25) is 0 Å². The lowest BCUT2D eigenvalue weighted by Crippen LogP contribution is -1.93. The Hall–Kier alpha value is -0.300. The Bertz CT molecular complexity index is 121. The summed E-state index contributed by atoms with van der Waals surface area (Å²) in [6.07, 6.45) is 13.6. The predicted molar refractivity (Wildman–Crippen MR) is 67.9 cm³/mol. The smallest absolute Gasteiger partial charge is 0.0644 e. The summed E-state index contributed by atoms with van der Waals surface area (Å²) in [4.78, 5) is 0. The van der Waals surface area contributed by atoms with Crippen LogP contribution in [0.3, 0.4) is 0 Å². The fourth-order valence-electron chi connectivity index (χ4n) is 1.61. The number of rotatable bonds is 12. The van der Waals surface area contributed by atoms with E-state index < -0.39 is 0 Å². The minimum absolute atomic E-state index is 0.699. The summed E-state index contributed by atoms with van der Waals surface area (Å²) in [6.45, 7) is 9.06. The fourth-order valence-corrected chi connectivity index (χ4v) is 1.61. The van der Waals surface area contributed by atoms with Crippen LogP contribution in [0.1, 0.15) is 57.8 Å². The molecule has 0 atom stereocenters. The third-order valence-electron chi connectivity index (χ3n) is 2.52. The van der Waals surface area contributed by atoms with Gasteiger partial charge in [-0.05, 0) is 6.42 Å². The number of hydrogen-bond acceptors (Lipinski definition) is 1. The van der Waals surface area contributed by atoms with E-state index in [2.05, 4.69) is 13.5 Å². The van der Waals surface area contributed by atoms with Crippen molar-refractivity contribution in [1.82, 2.24) is 0 Å². The number of hydrogen-bond donors (Lipinski definition) is 0. The summed E-state index contributed by atoms with van der Waals surface area (Å²) in [7, 11) is 0. The molecule has 0 aliphatic carbocycles. The van der Waals surface area contributed by atoms with E-state index in [0.717, 1.165) is 13.0 Å². The van der Waals surface area contributed by atoms with E-state index in [-0.39, 0.29) is 0 Å². The van der Waals surface area contributed by atoms with Gasteiger partial charge in [0.1, 0.15) is 0 Å². The first-order valence-corrected chi connectivity index (χ1v) is 6.39. The van der Waals surface area contributed by atoms with Crippen molar-refractivity contribution in [2.45, 2.75) is 57.8 Å². The lowest BCUT2D eigenvalue weighted by molar-refractivity contribution is 0.157. The first kappa shape index (κ1) is 14.7. The molecule has 0 heterocycles. The minimum atomic E-state index is 0.699. The third kappa shape index (κ3) is 13.7. The third-order valence-corrected chi connectivity index (χ3v) is 2.52. The minimum Gasteiger partial charge on any atom is -0.377 e. The number of ether oxygens (including phenoxy) is 1. The Labute approximate surface area is 95.9 Å². The molecule has 1 heteroatoms. The molecular formula is C14H27O. The molecule has 0 unspecified atom stereocenters. The van der Waals surface area contributed by atoms with Crippen LogP contribution in [0, 0.1) is 6.92 Å². The molecule has 0 fully saturated rings. The normalized spacial score (nSPS) is 10.5. The molecule has 0 spiro atoms. The van der Waals surface area contributed by atoms with E-state index in [1.807, 2.05) is 6.08 Å². The zero-order chi connectivity index (χ0) is 11.2. The van der Waals surface area contributed by atoms with Gasteiger partial charge in [-0.25, -0.2) is 0 Å². The maximum absolute atomic E-state index is 5.32. The fraction of sp³-hybridized carbons (Fsp3) is 0.786. The molecule has 0 aliphatic rings. The highest BCUT2D eigenvalue weighted by Gasteiger charge is 1.91. The molecule has 0 bridgehead atoms. The van der Waals surface area contributed by atoms with E-state index in [1.165, 1.54) is 51.4 Å². The lowest BCUT2D eigenvalue weighted by atomic mass is 10.1. The summed E-state index contributed by atoms with van der Waals surface area (Å²) in [5, 5.41) is 0. The highest BCUT2D eigenvalue weighted by molar-refractivity contribution is 4.63.